The van der Waals surface area contributed by atoms with E-state index in [-0.39, 0.29) is 0 Å². The predicted octanol–water partition coefficient (Wildman–Crippen LogP) is 3.12. The van der Waals surface area contributed by atoms with Crippen LogP contribution < -0.4 is 5.32 Å². The number of fused-ring (bicyclic) bond motifs is 2. The summed E-state index contributed by atoms with van der Waals surface area (Å²) in [5, 5.41) is 3.75. The van der Waals surface area contributed by atoms with Crippen LogP contribution in [-0.2, 0) is 0 Å². The number of hydrogen-bond donors (Lipinski definition) is 1. The van der Waals surface area contributed by atoms with Gasteiger partial charge >= 0.3 is 0 Å². The molecule has 4 atom stereocenters. The highest BCUT2D eigenvalue weighted by Gasteiger charge is 2.39. The first-order valence-electron chi connectivity index (χ1n) is 6.11. The van der Waals surface area contributed by atoms with E-state index in [2.05, 4.69) is 18.3 Å². The van der Waals surface area contributed by atoms with Gasteiger partial charge in [-0.3, -0.25) is 0 Å². The van der Waals surface area contributed by atoms with Crippen LogP contribution in [0.2, 0.25) is 0 Å². The monoisotopic (exact) mass is 205 g/mol. The van der Waals surface area contributed by atoms with Crippen LogP contribution >= 0.6 is 0 Å². The van der Waals surface area contributed by atoms with Crippen molar-refractivity contribution in [2.75, 3.05) is 0 Å². The van der Waals surface area contributed by atoms with E-state index in [9.17, 15) is 0 Å². The summed E-state index contributed by atoms with van der Waals surface area (Å²) in [7, 11) is 0. The summed E-state index contributed by atoms with van der Waals surface area (Å²) in [6.45, 7) is 2.23. The minimum atomic E-state index is 0.438. The minimum absolute atomic E-state index is 0.438. The lowest BCUT2D eigenvalue weighted by atomic mass is 9.94. The van der Waals surface area contributed by atoms with Crippen LogP contribution in [0, 0.1) is 11.8 Å². The molecule has 0 aromatic carbocycles. The van der Waals surface area contributed by atoms with Gasteiger partial charge in [0.25, 0.3) is 0 Å². The van der Waals surface area contributed by atoms with Crippen LogP contribution in [0.4, 0.5) is 0 Å². The Morgan fingerprint density at radius 2 is 2.33 bits per heavy atom. The maximum Gasteiger partial charge on any atom is 0.0950 e. The molecule has 82 valence electrons. The van der Waals surface area contributed by atoms with Crippen LogP contribution in [0.3, 0.4) is 0 Å². The zero-order valence-corrected chi connectivity index (χ0v) is 9.28. The van der Waals surface area contributed by atoms with Crippen LogP contribution in [-0.4, -0.2) is 6.04 Å². The van der Waals surface area contributed by atoms with Crippen molar-refractivity contribution in [1.29, 1.82) is 0 Å². The highest BCUT2D eigenvalue weighted by molar-refractivity contribution is 5.11. The summed E-state index contributed by atoms with van der Waals surface area (Å²) in [5.74, 6) is 1.97. The molecule has 0 spiro atoms. The minimum Gasteiger partial charge on any atom is -0.472 e. The van der Waals surface area contributed by atoms with Gasteiger partial charge in [0, 0.05) is 17.6 Å². The molecule has 2 aliphatic rings. The predicted molar refractivity (Wildman–Crippen MR) is 59.5 cm³/mol. The van der Waals surface area contributed by atoms with Gasteiger partial charge < -0.3 is 9.73 Å². The molecule has 2 heteroatoms. The Morgan fingerprint density at radius 1 is 1.40 bits per heavy atom. The van der Waals surface area contributed by atoms with Crippen molar-refractivity contribution in [3.63, 3.8) is 0 Å². The van der Waals surface area contributed by atoms with Crippen molar-refractivity contribution in [3.8, 4) is 0 Å². The van der Waals surface area contributed by atoms with Crippen molar-refractivity contribution in [2.45, 2.75) is 44.7 Å². The maximum absolute atomic E-state index is 5.12. The molecule has 4 unspecified atom stereocenters. The maximum atomic E-state index is 5.12. The summed E-state index contributed by atoms with van der Waals surface area (Å²) in [4.78, 5) is 0. The standard InChI is InChI=1S/C13H19NO/c1-9(12-4-5-15-8-12)14-13-7-10-2-3-11(13)6-10/h4-5,8-11,13-14H,2-3,6-7H2,1H3. The SMILES string of the molecule is CC(NC1CC2CCC1C2)c1ccoc1. The summed E-state index contributed by atoms with van der Waals surface area (Å²) < 4.78 is 5.12. The highest BCUT2D eigenvalue weighted by Crippen LogP contribution is 2.45. The molecule has 1 aromatic rings. The van der Waals surface area contributed by atoms with Gasteiger partial charge in [0.2, 0.25) is 0 Å². The fraction of sp³-hybridized carbons (Fsp3) is 0.692. The Balaban J connectivity index is 1.62. The molecule has 0 radical (unpaired) electrons. The number of furan rings is 1. The molecule has 0 saturated heterocycles. The van der Waals surface area contributed by atoms with E-state index in [0.29, 0.717) is 6.04 Å². The van der Waals surface area contributed by atoms with Crippen molar-refractivity contribution >= 4 is 0 Å². The Bertz CT molecular complexity index is 319. The van der Waals surface area contributed by atoms with E-state index >= 15 is 0 Å². The molecular weight excluding hydrogens is 186 g/mol. The van der Waals surface area contributed by atoms with Gasteiger partial charge in [0.1, 0.15) is 0 Å². The van der Waals surface area contributed by atoms with Crippen LogP contribution in [0.5, 0.6) is 0 Å². The van der Waals surface area contributed by atoms with Crippen molar-refractivity contribution < 1.29 is 4.42 Å². The lowest BCUT2D eigenvalue weighted by molar-refractivity contribution is 0.326. The summed E-state index contributed by atoms with van der Waals surface area (Å²) in [6, 6.07) is 3.26. The van der Waals surface area contributed by atoms with Gasteiger partial charge in [-0.15, -0.1) is 0 Å². The van der Waals surface area contributed by atoms with E-state index in [0.717, 1.165) is 17.9 Å². The van der Waals surface area contributed by atoms with Gasteiger partial charge in [-0.1, -0.05) is 6.42 Å². The lowest BCUT2D eigenvalue weighted by Crippen LogP contribution is -2.35. The smallest absolute Gasteiger partial charge is 0.0950 e. The number of hydrogen-bond acceptors (Lipinski definition) is 2. The van der Waals surface area contributed by atoms with E-state index in [1.165, 1.54) is 31.2 Å². The number of nitrogens with one attached hydrogen (secondary N) is 1. The first kappa shape index (κ1) is 9.46. The first-order valence-corrected chi connectivity index (χ1v) is 6.11. The van der Waals surface area contributed by atoms with Gasteiger partial charge in [0.15, 0.2) is 0 Å². The number of rotatable bonds is 3. The molecule has 2 aliphatic carbocycles. The molecular formula is C13H19NO. The largest absolute Gasteiger partial charge is 0.472 e. The molecule has 2 nitrogen and oxygen atoms in total. The molecule has 2 saturated carbocycles. The topological polar surface area (TPSA) is 25.2 Å². The molecule has 1 N–H and O–H groups in total. The van der Waals surface area contributed by atoms with Crippen LogP contribution in [0.25, 0.3) is 0 Å². The third-order valence-corrected chi connectivity index (χ3v) is 4.25. The molecule has 1 heterocycles. The molecule has 2 fully saturated rings. The Hall–Kier alpha value is -0.760. The molecule has 0 aliphatic heterocycles. The third kappa shape index (κ3) is 1.71. The Morgan fingerprint density at radius 3 is 2.93 bits per heavy atom. The second-order valence-corrected chi connectivity index (χ2v) is 5.23. The van der Waals surface area contributed by atoms with Gasteiger partial charge in [0.05, 0.1) is 12.5 Å². The molecule has 3 rings (SSSR count). The van der Waals surface area contributed by atoms with Crippen molar-refractivity contribution in [2.24, 2.45) is 11.8 Å². The fourth-order valence-corrected chi connectivity index (χ4v) is 3.39. The van der Waals surface area contributed by atoms with E-state index in [1.807, 2.05) is 6.26 Å². The Kier molecular flexibility index (Phi) is 2.32. The quantitative estimate of drug-likeness (QED) is 0.820. The molecule has 1 aromatic heterocycles. The summed E-state index contributed by atoms with van der Waals surface area (Å²) in [6.07, 6.45) is 9.39. The second kappa shape index (κ2) is 3.67. The highest BCUT2D eigenvalue weighted by atomic mass is 16.3. The van der Waals surface area contributed by atoms with Gasteiger partial charge in [-0.25, -0.2) is 0 Å². The van der Waals surface area contributed by atoms with Crippen LogP contribution in [0.15, 0.2) is 23.0 Å². The van der Waals surface area contributed by atoms with Gasteiger partial charge in [-0.2, -0.15) is 0 Å². The zero-order chi connectivity index (χ0) is 10.3. The zero-order valence-electron chi connectivity index (χ0n) is 9.28. The van der Waals surface area contributed by atoms with Crippen molar-refractivity contribution in [1.82, 2.24) is 5.32 Å². The fourth-order valence-electron chi connectivity index (χ4n) is 3.39. The average Bonchev–Trinajstić information content (AvgIpc) is 2.95. The van der Waals surface area contributed by atoms with E-state index in [1.54, 1.807) is 6.26 Å². The van der Waals surface area contributed by atoms with E-state index < -0.39 is 0 Å². The summed E-state index contributed by atoms with van der Waals surface area (Å²) >= 11 is 0. The normalized spacial score (nSPS) is 35.9. The molecule has 15 heavy (non-hydrogen) atoms. The molecule has 2 bridgehead atoms. The third-order valence-electron chi connectivity index (χ3n) is 4.25. The van der Waals surface area contributed by atoms with Crippen LogP contribution in [0.1, 0.15) is 44.2 Å². The Labute approximate surface area is 91.0 Å². The van der Waals surface area contributed by atoms with Gasteiger partial charge in [-0.05, 0) is 44.1 Å². The average molecular weight is 205 g/mol. The van der Waals surface area contributed by atoms with Crippen molar-refractivity contribution in [3.05, 3.63) is 24.2 Å². The summed E-state index contributed by atoms with van der Waals surface area (Å²) in [5.41, 5.74) is 1.28. The molecule has 0 amide bonds. The lowest BCUT2D eigenvalue weighted by Gasteiger charge is -2.26. The second-order valence-electron chi connectivity index (χ2n) is 5.23. The first-order chi connectivity index (χ1) is 7.33. The van der Waals surface area contributed by atoms with E-state index in [4.69, 9.17) is 4.42 Å².